The van der Waals surface area contributed by atoms with Crippen molar-refractivity contribution >= 4 is 27.7 Å². The normalized spacial score (nSPS) is 11.0. The maximum absolute atomic E-state index is 12.0. The van der Waals surface area contributed by atoms with Crippen molar-refractivity contribution in [2.45, 2.75) is 0 Å². The second kappa shape index (κ2) is 5.25. The van der Waals surface area contributed by atoms with Gasteiger partial charge in [0, 0.05) is 40.7 Å². The molecule has 4 heteroatoms. The molecular weight excluding hydrogens is 286 g/mol. The molecule has 0 atom stereocenters. The van der Waals surface area contributed by atoms with Gasteiger partial charge in [0.1, 0.15) is 0 Å². The van der Waals surface area contributed by atoms with Crippen LogP contribution in [0, 0.1) is 0 Å². The Labute approximate surface area is 133 Å². The maximum Gasteiger partial charge on any atom is 0.251 e. The molecule has 0 aliphatic heterocycles. The zero-order chi connectivity index (χ0) is 15.8. The van der Waals surface area contributed by atoms with Gasteiger partial charge in [0.15, 0.2) is 0 Å². The number of benzene rings is 2. The summed E-state index contributed by atoms with van der Waals surface area (Å²) in [4.78, 5) is 20.0. The highest BCUT2D eigenvalue weighted by molar-refractivity contribution is 6.06. The summed E-state index contributed by atoms with van der Waals surface area (Å²) in [7, 11) is 1.63. The number of carbonyl (C=O) groups excluding carboxylic acids is 1. The molecule has 4 nitrogen and oxygen atoms in total. The molecule has 1 amide bonds. The summed E-state index contributed by atoms with van der Waals surface area (Å²) in [6.45, 7) is 0. The van der Waals surface area contributed by atoms with Crippen molar-refractivity contribution in [3.05, 3.63) is 66.4 Å². The van der Waals surface area contributed by atoms with Gasteiger partial charge in [0.25, 0.3) is 5.91 Å². The molecule has 4 rings (SSSR count). The van der Waals surface area contributed by atoms with Crippen LogP contribution in [0.5, 0.6) is 0 Å². The number of aromatic nitrogens is 2. The Bertz CT molecular complexity index is 1030. The molecular formula is C19H15N3O. The number of nitrogens with one attached hydrogen (secondary N) is 2. The zero-order valence-corrected chi connectivity index (χ0v) is 12.6. The number of amides is 1. The van der Waals surface area contributed by atoms with Crippen LogP contribution in [0.2, 0.25) is 0 Å². The first-order valence-electron chi connectivity index (χ1n) is 7.46. The molecule has 0 saturated carbocycles. The van der Waals surface area contributed by atoms with Crippen LogP contribution in [-0.2, 0) is 0 Å². The molecule has 2 aromatic carbocycles. The van der Waals surface area contributed by atoms with Gasteiger partial charge in [0.2, 0.25) is 0 Å². The van der Waals surface area contributed by atoms with E-state index in [0.29, 0.717) is 5.56 Å². The number of hydrogen-bond acceptors (Lipinski definition) is 2. The average Bonchev–Trinajstić information content (AvgIpc) is 3.04. The van der Waals surface area contributed by atoms with E-state index in [0.717, 1.165) is 33.1 Å². The number of nitrogens with zero attached hydrogens (tertiary/aromatic N) is 1. The summed E-state index contributed by atoms with van der Waals surface area (Å²) in [5.41, 5.74) is 4.50. The predicted octanol–water partition coefficient (Wildman–Crippen LogP) is 3.74. The Morgan fingerprint density at radius 2 is 1.87 bits per heavy atom. The van der Waals surface area contributed by atoms with Crippen molar-refractivity contribution in [1.82, 2.24) is 15.3 Å². The molecule has 112 valence electrons. The fourth-order valence-corrected chi connectivity index (χ4v) is 2.92. The third kappa shape index (κ3) is 2.16. The van der Waals surface area contributed by atoms with E-state index >= 15 is 0 Å². The van der Waals surface area contributed by atoms with E-state index in [1.807, 2.05) is 54.7 Å². The standard InChI is InChI=1S/C19H15N3O/c1-20-19(23)14-6-4-8-17-13(14)9-10-18(22-17)15-11-21-16-7-3-2-5-12(15)16/h2-11,21H,1H3,(H,20,23). The van der Waals surface area contributed by atoms with Crippen LogP contribution in [0.1, 0.15) is 10.4 Å². The summed E-state index contributed by atoms with van der Waals surface area (Å²) in [5, 5.41) is 4.67. The third-order valence-electron chi connectivity index (χ3n) is 4.07. The van der Waals surface area contributed by atoms with Gasteiger partial charge in [-0.2, -0.15) is 0 Å². The molecule has 2 N–H and O–H groups in total. The molecule has 0 fully saturated rings. The summed E-state index contributed by atoms with van der Waals surface area (Å²) < 4.78 is 0. The van der Waals surface area contributed by atoms with Crippen LogP contribution in [0.25, 0.3) is 33.1 Å². The lowest BCUT2D eigenvalue weighted by atomic mass is 10.0. The van der Waals surface area contributed by atoms with E-state index in [4.69, 9.17) is 4.98 Å². The van der Waals surface area contributed by atoms with Crippen molar-refractivity contribution in [3.8, 4) is 11.3 Å². The van der Waals surface area contributed by atoms with Crippen molar-refractivity contribution in [2.24, 2.45) is 0 Å². The second-order valence-corrected chi connectivity index (χ2v) is 5.40. The monoisotopic (exact) mass is 301 g/mol. The Morgan fingerprint density at radius 3 is 2.74 bits per heavy atom. The van der Waals surface area contributed by atoms with E-state index < -0.39 is 0 Å². The highest BCUT2D eigenvalue weighted by Gasteiger charge is 2.11. The molecule has 0 spiro atoms. The number of pyridine rings is 1. The molecule has 0 radical (unpaired) electrons. The van der Waals surface area contributed by atoms with Gasteiger partial charge in [-0.1, -0.05) is 24.3 Å². The molecule has 2 aromatic heterocycles. The largest absolute Gasteiger partial charge is 0.360 e. The molecule has 0 bridgehead atoms. The fraction of sp³-hybridized carbons (Fsp3) is 0.0526. The second-order valence-electron chi connectivity index (χ2n) is 5.40. The van der Waals surface area contributed by atoms with Crippen LogP contribution in [0.4, 0.5) is 0 Å². The minimum atomic E-state index is -0.0998. The highest BCUT2D eigenvalue weighted by atomic mass is 16.1. The van der Waals surface area contributed by atoms with Gasteiger partial charge in [-0.15, -0.1) is 0 Å². The van der Waals surface area contributed by atoms with Gasteiger partial charge in [-0.3, -0.25) is 4.79 Å². The van der Waals surface area contributed by atoms with Crippen LogP contribution < -0.4 is 5.32 Å². The maximum atomic E-state index is 12.0. The van der Waals surface area contributed by atoms with E-state index in [9.17, 15) is 4.79 Å². The minimum absolute atomic E-state index is 0.0998. The molecule has 0 saturated heterocycles. The van der Waals surface area contributed by atoms with Gasteiger partial charge < -0.3 is 10.3 Å². The van der Waals surface area contributed by atoms with Gasteiger partial charge in [-0.05, 0) is 30.3 Å². The number of carbonyl (C=O) groups is 1. The molecule has 23 heavy (non-hydrogen) atoms. The quantitative estimate of drug-likeness (QED) is 0.592. The molecule has 0 aliphatic rings. The summed E-state index contributed by atoms with van der Waals surface area (Å²) in [6.07, 6.45) is 1.97. The smallest absolute Gasteiger partial charge is 0.251 e. The average molecular weight is 301 g/mol. The molecule has 0 aliphatic carbocycles. The number of fused-ring (bicyclic) bond motifs is 2. The number of H-pyrrole nitrogens is 1. The minimum Gasteiger partial charge on any atom is -0.360 e. The summed E-state index contributed by atoms with van der Waals surface area (Å²) in [6, 6.07) is 17.7. The van der Waals surface area contributed by atoms with Crippen LogP contribution >= 0.6 is 0 Å². The number of rotatable bonds is 2. The van der Waals surface area contributed by atoms with Crippen LogP contribution in [-0.4, -0.2) is 22.9 Å². The number of hydrogen-bond donors (Lipinski definition) is 2. The first kappa shape index (κ1) is 13.5. The van der Waals surface area contributed by atoms with Crippen LogP contribution in [0.15, 0.2) is 60.8 Å². The molecule has 4 aromatic rings. The van der Waals surface area contributed by atoms with E-state index in [1.54, 1.807) is 7.05 Å². The molecule has 0 unspecified atom stereocenters. The molecule has 2 heterocycles. The van der Waals surface area contributed by atoms with Crippen molar-refractivity contribution in [1.29, 1.82) is 0 Å². The van der Waals surface area contributed by atoms with Gasteiger partial charge in [-0.25, -0.2) is 4.98 Å². The first-order chi connectivity index (χ1) is 11.3. The third-order valence-corrected chi connectivity index (χ3v) is 4.07. The van der Waals surface area contributed by atoms with Crippen molar-refractivity contribution < 1.29 is 4.79 Å². The number of aromatic amines is 1. The summed E-state index contributed by atoms with van der Waals surface area (Å²) >= 11 is 0. The van der Waals surface area contributed by atoms with Crippen molar-refractivity contribution in [2.75, 3.05) is 7.05 Å². The Hall–Kier alpha value is -3.14. The number of para-hydroxylation sites is 1. The topological polar surface area (TPSA) is 57.8 Å². The van der Waals surface area contributed by atoms with Gasteiger partial charge in [0.05, 0.1) is 11.2 Å². The lowest BCUT2D eigenvalue weighted by Gasteiger charge is -2.06. The van der Waals surface area contributed by atoms with E-state index in [-0.39, 0.29) is 5.91 Å². The Kier molecular flexibility index (Phi) is 3.08. The van der Waals surface area contributed by atoms with Crippen molar-refractivity contribution in [3.63, 3.8) is 0 Å². The lowest BCUT2D eigenvalue weighted by Crippen LogP contribution is -2.18. The van der Waals surface area contributed by atoms with E-state index in [2.05, 4.69) is 16.4 Å². The van der Waals surface area contributed by atoms with E-state index in [1.165, 1.54) is 0 Å². The van der Waals surface area contributed by atoms with Gasteiger partial charge >= 0.3 is 0 Å². The SMILES string of the molecule is CNC(=O)c1cccc2nc(-c3c[nH]c4ccccc34)ccc12. The zero-order valence-electron chi connectivity index (χ0n) is 12.6. The lowest BCUT2D eigenvalue weighted by molar-refractivity contribution is 0.0964. The predicted molar refractivity (Wildman–Crippen MR) is 92.4 cm³/mol. The fourth-order valence-electron chi connectivity index (χ4n) is 2.92. The summed E-state index contributed by atoms with van der Waals surface area (Å²) in [5.74, 6) is -0.0998. The highest BCUT2D eigenvalue weighted by Crippen LogP contribution is 2.29. The Balaban J connectivity index is 1.91. The van der Waals surface area contributed by atoms with Crippen LogP contribution in [0.3, 0.4) is 0 Å². The Morgan fingerprint density at radius 1 is 1.00 bits per heavy atom. The first-order valence-corrected chi connectivity index (χ1v) is 7.46.